The molecule has 1 N–H and O–H groups in total. The highest BCUT2D eigenvalue weighted by atomic mass is 16.5. The average molecular weight is 327 g/mol. The number of benzene rings is 2. The normalized spacial score (nSPS) is 17.3. The molecule has 6 nitrogen and oxygen atoms in total. The largest absolute Gasteiger partial charge is 0.480 e. The first kappa shape index (κ1) is 16.0. The third kappa shape index (κ3) is 3.55. The Balaban J connectivity index is 1.72. The molecule has 3 rings (SSSR count). The number of hydrogen-bond donors (Lipinski definition) is 1. The van der Waals surface area contributed by atoms with Gasteiger partial charge in [-0.2, -0.15) is 0 Å². The zero-order valence-corrected chi connectivity index (χ0v) is 12.9. The van der Waals surface area contributed by atoms with E-state index in [4.69, 9.17) is 9.47 Å². The molecule has 0 aliphatic carbocycles. The summed E-state index contributed by atoms with van der Waals surface area (Å²) in [7, 11) is 0. The number of carbonyl (C=O) groups is 2. The van der Waals surface area contributed by atoms with Gasteiger partial charge in [0, 0.05) is 12.1 Å². The maximum atomic E-state index is 12.6. The van der Waals surface area contributed by atoms with E-state index in [-0.39, 0.29) is 19.1 Å². The van der Waals surface area contributed by atoms with Crippen LogP contribution < -0.4 is 4.74 Å². The molecule has 1 amide bonds. The van der Waals surface area contributed by atoms with E-state index in [1.165, 1.54) is 4.90 Å². The van der Waals surface area contributed by atoms with Crippen LogP contribution in [-0.2, 0) is 9.53 Å². The van der Waals surface area contributed by atoms with Crippen molar-refractivity contribution in [1.82, 2.24) is 4.90 Å². The fourth-order valence-corrected chi connectivity index (χ4v) is 2.51. The summed E-state index contributed by atoms with van der Waals surface area (Å²) in [5, 5.41) is 9.22. The van der Waals surface area contributed by atoms with Gasteiger partial charge in [0.25, 0.3) is 5.91 Å². The Kier molecular flexibility index (Phi) is 4.77. The van der Waals surface area contributed by atoms with Crippen molar-refractivity contribution in [2.75, 3.05) is 19.8 Å². The van der Waals surface area contributed by atoms with Crippen molar-refractivity contribution in [3.8, 4) is 11.5 Å². The van der Waals surface area contributed by atoms with Crippen LogP contribution in [-0.4, -0.2) is 47.7 Å². The van der Waals surface area contributed by atoms with Crippen LogP contribution in [0.25, 0.3) is 0 Å². The van der Waals surface area contributed by atoms with Crippen LogP contribution in [0.15, 0.2) is 54.6 Å². The summed E-state index contributed by atoms with van der Waals surface area (Å²) in [5.74, 6) is -0.0748. The zero-order chi connectivity index (χ0) is 16.9. The molecule has 1 fully saturated rings. The lowest BCUT2D eigenvalue weighted by atomic mass is 10.1. The Bertz CT molecular complexity index is 714. The van der Waals surface area contributed by atoms with Crippen LogP contribution in [0.4, 0.5) is 0 Å². The molecule has 24 heavy (non-hydrogen) atoms. The fourth-order valence-electron chi connectivity index (χ4n) is 2.51. The van der Waals surface area contributed by atoms with Gasteiger partial charge in [0.15, 0.2) is 6.04 Å². The molecule has 6 heteroatoms. The number of morpholine rings is 1. The highest BCUT2D eigenvalue weighted by molar-refractivity contribution is 5.96. The van der Waals surface area contributed by atoms with Crippen molar-refractivity contribution in [1.29, 1.82) is 0 Å². The van der Waals surface area contributed by atoms with Gasteiger partial charge in [-0.25, -0.2) is 4.79 Å². The molecule has 1 aliphatic rings. The summed E-state index contributed by atoms with van der Waals surface area (Å²) in [5.41, 5.74) is 0.420. The van der Waals surface area contributed by atoms with Crippen LogP contribution in [0.1, 0.15) is 10.4 Å². The van der Waals surface area contributed by atoms with Crippen molar-refractivity contribution in [2.24, 2.45) is 0 Å². The zero-order valence-electron chi connectivity index (χ0n) is 12.9. The van der Waals surface area contributed by atoms with Crippen molar-refractivity contribution >= 4 is 11.9 Å². The molecule has 0 spiro atoms. The lowest BCUT2D eigenvalue weighted by molar-refractivity contribution is -0.147. The van der Waals surface area contributed by atoms with Crippen LogP contribution in [0.5, 0.6) is 11.5 Å². The quantitative estimate of drug-likeness (QED) is 0.933. The van der Waals surface area contributed by atoms with E-state index in [0.717, 1.165) is 0 Å². The number of rotatable bonds is 4. The van der Waals surface area contributed by atoms with Crippen LogP contribution >= 0.6 is 0 Å². The van der Waals surface area contributed by atoms with Gasteiger partial charge in [0.1, 0.15) is 11.5 Å². The number of aliphatic carboxylic acids is 1. The van der Waals surface area contributed by atoms with E-state index in [1.807, 2.05) is 30.3 Å². The monoisotopic (exact) mass is 327 g/mol. The molecule has 124 valence electrons. The van der Waals surface area contributed by atoms with E-state index in [9.17, 15) is 14.7 Å². The smallest absolute Gasteiger partial charge is 0.328 e. The van der Waals surface area contributed by atoms with Crippen LogP contribution in [0, 0.1) is 0 Å². The molecule has 0 unspecified atom stereocenters. The topological polar surface area (TPSA) is 76.1 Å². The number of carboxylic acid groups (broad SMARTS) is 1. The molecule has 2 aromatic carbocycles. The highest BCUT2D eigenvalue weighted by Gasteiger charge is 2.33. The van der Waals surface area contributed by atoms with Gasteiger partial charge in [-0.3, -0.25) is 4.79 Å². The molecule has 0 bridgehead atoms. The first-order valence-electron chi connectivity index (χ1n) is 7.59. The summed E-state index contributed by atoms with van der Waals surface area (Å²) in [4.78, 5) is 25.1. The minimum atomic E-state index is -1.06. The Hall–Kier alpha value is -2.86. The Labute approximate surface area is 139 Å². The van der Waals surface area contributed by atoms with Crippen molar-refractivity contribution < 1.29 is 24.2 Å². The number of carbonyl (C=O) groups excluding carboxylic acids is 1. The number of hydrogen-bond acceptors (Lipinski definition) is 4. The summed E-state index contributed by atoms with van der Waals surface area (Å²) in [6.45, 7) is 0.610. The summed E-state index contributed by atoms with van der Waals surface area (Å²) in [6.07, 6.45) is 0. The Morgan fingerprint density at radius 2 is 1.71 bits per heavy atom. The lowest BCUT2D eigenvalue weighted by Gasteiger charge is -2.32. The van der Waals surface area contributed by atoms with Gasteiger partial charge in [-0.15, -0.1) is 0 Å². The van der Waals surface area contributed by atoms with Crippen molar-refractivity contribution in [3.05, 3.63) is 60.2 Å². The minimum Gasteiger partial charge on any atom is -0.480 e. The molecule has 1 atom stereocenters. The van der Waals surface area contributed by atoms with Crippen LogP contribution in [0.3, 0.4) is 0 Å². The molecule has 2 aromatic rings. The minimum absolute atomic E-state index is 0.0102. The molecule has 0 saturated carbocycles. The van der Waals surface area contributed by atoms with E-state index in [0.29, 0.717) is 23.7 Å². The maximum Gasteiger partial charge on any atom is 0.328 e. The molecule has 0 radical (unpaired) electrons. The fraction of sp³-hybridized carbons (Fsp3) is 0.222. The third-order valence-corrected chi connectivity index (χ3v) is 3.75. The average Bonchev–Trinajstić information content (AvgIpc) is 2.62. The number of nitrogens with zero attached hydrogens (tertiary/aromatic N) is 1. The Morgan fingerprint density at radius 1 is 1.04 bits per heavy atom. The van der Waals surface area contributed by atoms with Crippen molar-refractivity contribution in [3.63, 3.8) is 0 Å². The first-order chi connectivity index (χ1) is 11.6. The number of carboxylic acids is 1. The number of para-hydroxylation sites is 1. The first-order valence-corrected chi connectivity index (χ1v) is 7.59. The van der Waals surface area contributed by atoms with Crippen LogP contribution in [0.2, 0.25) is 0 Å². The van der Waals surface area contributed by atoms with E-state index in [2.05, 4.69) is 0 Å². The van der Waals surface area contributed by atoms with Gasteiger partial charge in [0.2, 0.25) is 0 Å². The molecule has 1 heterocycles. The molecule has 0 aromatic heterocycles. The second kappa shape index (κ2) is 7.14. The number of ether oxygens (including phenoxy) is 2. The second-order valence-electron chi connectivity index (χ2n) is 5.37. The summed E-state index contributed by atoms with van der Waals surface area (Å²) >= 11 is 0. The van der Waals surface area contributed by atoms with Gasteiger partial charge >= 0.3 is 5.97 Å². The third-order valence-electron chi connectivity index (χ3n) is 3.75. The van der Waals surface area contributed by atoms with Gasteiger partial charge < -0.3 is 19.5 Å². The molecular weight excluding hydrogens is 310 g/mol. The van der Waals surface area contributed by atoms with E-state index in [1.54, 1.807) is 24.3 Å². The van der Waals surface area contributed by atoms with Crippen molar-refractivity contribution in [2.45, 2.75) is 6.04 Å². The summed E-state index contributed by atoms with van der Waals surface area (Å²) in [6, 6.07) is 15.0. The SMILES string of the molecule is O=C(O)[C@H]1COCCN1C(=O)c1ccc(Oc2ccccc2)cc1. The predicted molar refractivity (Wildman–Crippen MR) is 86.2 cm³/mol. The molecular formula is C18H17NO5. The van der Waals surface area contributed by atoms with Gasteiger partial charge in [-0.05, 0) is 36.4 Å². The Morgan fingerprint density at radius 3 is 2.38 bits per heavy atom. The number of amides is 1. The molecule has 1 aliphatic heterocycles. The summed E-state index contributed by atoms with van der Waals surface area (Å²) < 4.78 is 10.8. The lowest BCUT2D eigenvalue weighted by Crippen LogP contribution is -2.52. The predicted octanol–water partition coefficient (Wildman–Crippen LogP) is 2.40. The van der Waals surface area contributed by atoms with Gasteiger partial charge in [-0.1, -0.05) is 18.2 Å². The maximum absolute atomic E-state index is 12.6. The van der Waals surface area contributed by atoms with E-state index < -0.39 is 12.0 Å². The second-order valence-corrected chi connectivity index (χ2v) is 5.37. The van der Waals surface area contributed by atoms with E-state index >= 15 is 0 Å². The van der Waals surface area contributed by atoms with Gasteiger partial charge in [0.05, 0.1) is 13.2 Å². The highest BCUT2D eigenvalue weighted by Crippen LogP contribution is 2.22. The molecule has 1 saturated heterocycles. The standard InChI is InChI=1S/C18H17NO5/c20-17(19-10-11-23-12-16(19)18(21)22)13-6-8-15(9-7-13)24-14-4-2-1-3-5-14/h1-9,16H,10-12H2,(H,21,22)/t16-/m1/s1.